The number of aryl methyl sites for hydroxylation is 1. The molecule has 0 radical (unpaired) electrons. The van der Waals surface area contributed by atoms with Crippen molar-refractivity contribution in [1.82, 2.24) is 0 Å². The van der Waals surface area contributed by atoms with E-state index >= 15 is 0 Å². The minimum absolute atomic E-state index is 0.0999. The molecule has 0 aliphatic heterocycles. The summed E-state index contributed by atoms with van der Waals surface area (Å²) in [6, 6.07) is 22.3. The monoisotopic (exact) mass is 380 g/mol. The highest BCUT2D eigenvalue weighted by Crippen LogP contribution is 2.19. The molecule has 0 saturated heterocycles. The van der Waals surface area contributed by atoms with E-state index in [0.717, 1.165) is 11.3 Å². The number of rotatable bonds is 5. The van der Waals surface area contributed by atoms with Crippen LogP contribution in [0, 0.1) is 6.92 Å². The maximum Gasteiger partial charge on any atom is 0.261 e. The summed E-state index contributed by atoms with van der Waals surface area (Å²) < 4.78 is 27.6. The highest BCUT2D eigenvalue weighted by molar-refractivity contribution is 7.92. The minimum Gasteiger partial charge on any atom is -0.311 e. The average molecular weight is 380 g/mol. The third-order valence-corrected chi connectivity index (χ3v) is 5.53. The van der Waals surface area contributed by atoms with Crippen molar-refractivity contribution >= 4 is 27.3 Å². The van der Waals surface area contributed by atoms with Crippen LogP contribution < -0.4 is 9.62 Å². The van der Waals surface area contributed by atoms with Crippen LogP contribution in [0.25, 0.3) is 0 Å². The number of benzene rings is 3. The maximum absolute atomic E-state index is 12.6. The number of nitrogens with one attached hydrogen (secondary N) is 1. The smallest absolute Gasteiger partial charge is 0.261 e. The van der Waals surface area contributed by atoms with Gasteiger partial charge in [0.05, 0.1) is 4.90 Å². The van der Waals surface area contributed by atoms with Gasteiger partial charge in [0.2, 0.25) is 0 Å². The summed E-state index contributed by atoms with van der Waals surface area (Å²) in [5.41, 5.74) is 2.63. The van der Waals surface area contributed by atoms with E-state index in [4.69, 9.17) is 0 Å². The first-order valence-electron chi connectivity index (χ1n) is 8.39. The van der Waals surface area contributed by atoms with Gasteiger partial charge in [0.25, 0.3) is 15.9 Å². The predicted molar refractivity (Wildman–Crippen MR) is 108 cm³/mol. The van der Waals surface area contributed by atoms with E-state index in [0.29, 0.717) is 11.3 Å². The van der Waals surface area contributed by atoms with Crippen LogP contribution in [0.4, 0.5) is 11.4 Å². The molecule has 0 fully saturated rings. The lowest BCUT2D eigenvalue weighted by molar-refractivity contribution is 0.0993. The zero-order valence-electron chi connectivity index (χ0n) is 15.1. The van der Waals surface area contributed by atoms with Gasteiger partial charge < -0.3 is 4.90 Å². The third kappa shape index (κ3) is 4.35. The van der Waals surface area contributed by atoms with Gasteiger partial charge in [-0.05, 0) is 61.0 Å². The van der Waals surface area contributed by atoms with Gasteiger partial charge in [-0.25, -0.2) is 8.42 Å². The molecule has 0 atom stereocenters. The molecule has 1 N–H and O–H groups in total. The second kappa shape index (κ2) is 7.63. The second-order valence-electron chi connectivity index (χ2n) is 6.20. The van der Waals surface area contributed by atoms with Crippen molar-refractivity contribution in [1.29, 1.82) is 0 Å². The zero-order valence-corrected chi connectivity index (χ0v) is 15.9. The van der Waals surface area contributed by atoms with Gasteiger partial charge in [-0.1, -0.05) is 30.3 Å². The van der Waals surface area contributed by atoms with E-state index in [9.17, 15) is 13.2 Å². The number of hydrogen-bond acceptors (Lipinski definition) is 3. The number of carbonyl (C=O) groups is 1. The lowest BCUT2D eigenvalue weighted by Crippen LogP contribution is -2.26. The molecular formula is C21H20N2O3S. The standard InChI is InChI=1S/C21H20N2O3S/c1-16-7-6-8-18(15-16)22-27(25,26)20-13-11-17(12-14-20)21(24)23(2)19-9-4-3-5-10-19/h3-15,22H,1-2H3. The number of sulfonamides is 1. The fourth-order valence-corrected chi connectivity index (χ4v) is 3.71. The Morgan fingerprint density at radius 1 is 0.889 bits per heavy atom. The number of nitrogens with zero attached hydrogens (tertiary/aromatic N) is 1. The molecule has 0 unspecified atom stereocenters. The van der Waals surface area contributed by atoms with Gasteiger partial charge in [0.1, 0.15) is 0 Å². The zero-order chi connectivity index (χ0) is 19.4. The van der Waals surface area contributed by atoms with Gasteiger partial charge in [-0.15, -0.1) is 0 Å². The summed E-state index contributed by atoms with van der Waals surface area (Å²) in [6.07, 6.45) is 0. The van der Waals surface area contributed by atoms with Crippen LogP contribution in [-0.4, -0.2) is 21.4 Å². The van der Waals surface area contributed by atoms with Gasteiger partial charge in [-0.2, -0.15) is 0 Å². The molecule has 0 aromatic heterocycles. The fraction of sp³-hybridized carbons (Fsp3) is 0.0952. The van der Waals surface area contributed by atoms with E-state index in [1.165, 1.54) is 29.2 Å². The van der Waals surface area contributed by atoms with E-state index in [1.807, 2.05) is 43.3 Å². The number of para-hydroxylation sites is 1. The van der Waals surface area contributed by atoms with Crippen molar-refractivity contribution in [3.05, 3.63) is 90.0 Å². The van der Waals surface area contributed by atoms with Crippen molar-refractivity contribution in [3.63, 3.8) is 0 Å². The lowest BCUT2D eigenvalue weighted by atomic mass is 10.2. The van der Waals surface area contributed by atoms with Crippen LogP contribution >= 0.6 is 0 Å². The molecule has 5 nitrogen and oxygen atoms in total. The highest BCUT2D eigenvalue weighted by atomic mass is 32.2. The average Bonchev–Trinajstić information content (AvgIpc) is 2.67. The molecular weight excluding hydrogens is 360 g/mol. The maximum atomic E-state index is 12.6. The first-order chi connectivity index (χ1) is 12.9. The highest BCUT2D eigenvalue weighted by Gasteiger charge is 2.17. The topological polar surface area (TPSA) is 66.5 Å². The number of hydrogen-bond donors (Lipinski definition) is 1. The molecule has 3 aromatic carbocycles. The molecule has 138 valence electrons. The first-order valence-corrected chi connectivity index (χ1v) is 9.88. The Bertz CT molecular complexity index is 1050. The number of anilines is 2. The summed E-state index contributed by atoms with van der Waals surface area (Å²) in [5, 5.41) is 0. The first kappa shape index (κ1) is 18.7. The Hall–Kier alpha value is -3.12. The van der Waals surface area contributed by atoms with Crippen LogP contribution in [-0.2, 0) is 10.0 Å². The van der Waals surface area contributed by atoms with E-state index in [1.54, 1.807) is 25.2 Å². The summed E-state index contributed by atoms with van der Waals surface area (Å²) in [6.45, 7) is 1.89. The van der Waals surface area contributed by atoms with Gasteiger partial charge in [0.15, 0.2) is 0 Å². The Morgan fingerprint density at radius 2 is 1.56 bits per heavy atom. The summed E-state index contributed by atoms with van der Waals surface area (Å²) in [5.74, 6) is -0.211. The quantitative estimate of drug-likeness (QED) is 0.725. The predicted octanol–water partition coefficient (Wildman–Crippen LogP) is 4.07. The van der Waals surface area contributed by atoms with Crippen LogP contribution in [0.2, 0.25) is 0 Å². The normalized spacial score (nSPS) is 11.0. The molecule has 0 aliphatic carbocycles. The van der Waals surface area contributed by atoms with Crippen LogP contribution in [0.5, 0.6) is 0 Å². The molecule has 0 heterocycles. The van der Waals surface area contributed by atoms with Crippen molar-refractivity contribution in [3.8, 4) is 0 Å². The lowest BCUT2D eigenvalue weighted by Gasteiger charge is -2.17. The molecule has 6 heteroatoms. The molecule has 3 rings (SSSR count). The molecule has 0 aliphatic rings. The van der Waals surface area contributed by atoms with Gasteiger partial charge in [0, 0.05) is 24.0 Å². The fourth-order valence-electron chi connectivity index (χ4n) is 2.66. The summed E-state index contributed by atoms with van der Waals surface area (Å²) in [7, 11) is -2.04. The largest absolute Gasteiger partial charge is 0.311 e. The minimum atomic E-state index is -3.72. The van der Waals surface area contributed by atoms with Crippen molar-refractivity contribution in [2.45, 2.75) is 11.8 Å². The van der Waals surface area contributed by atoms with E-state index in [-0.39, 0.29) is 10.8 Å². The Morgan fingerprint density at radius 3 is 2.19 bits per heavy atom. The van der Waals surface area contributed by atoms with E-state index in [2.05, 4.69) is 4.72 Å². The van der Waals surface area contributed by atoms with Crippen molar-refractivity contribution in [2.75, 3.05) is 16.7 Å². The molecule has 27 heavy (non-hydrogen) atoms. The Labute approximate surface area is 159 Å². The molecule has 0 spiro atoms. The van der Waals surface area contributed by atoms with Crippen LogP contribution in [0.15, 0.2) is 83.8 Å². The number of carbonyl (C=O) groups excluding carboxylic acids is 1. The molecule has 3 aromatic rings. The Kier molecular flexibility index (Phi) is 5.28. The Balaban J connectivity index is 1.79. The van der Waals surface area contributed by atoms with Gasteiger partial charge >= 0.3 is 0 Å². The second-order valence-corrected chi connectivity index (χ2v) is 7.88. The van der Waals surface area contributed by atoms with Crippen molar-refractivity contribution in [2.24, 2.45) is 0 Å². The van der Waals surface area contributed by atoms with Gasteiger partial charge in [-0.3, -0.25) is 9.52 Å². The molecule has 0 saturated carbocycles. The molecule has 0 bridgehead atoms. The van der Waals surface area contributed by atoms with Crippen LogP contribution in [0.3, 0.4) is 0 Å². The SMILES string of the molecule is Cc1cccc(NS(=O)(=O)c2ccc(C(=O)N(C)c3ccccc3)cc2)c1. The van der Waals surface area contributed by atoms with Crippen molar-refractivity contribution < 1.29 is 13.2 Å². The summed E-state index contributed by atoms with van der Waals surface area (Å²) in [4.78, 5) is 14.2. The van der Waals surface area contributed by atoms with E-state index < -0.39 is 10.0 Å². The molecule has 1 amide bonds. The van der Waals surface area contributed by atoms with Crippen LogP contribution in [0.1, 0.15) is 15.9 Å². The number of amides is 1. The third-order valence-electron chi connectivity index (χ3n) is 4.13. The summed E-state index contributed by atoms with van der Waals surface area (Å²) >= 11 is 0.